The minimum absolute atomic E-state index is 0.219. The molecule has 4 rings (SSSR count). The van der Waals surface area contributed by atoms with Gasteiger partial charge in [0.15, 0.2) is 5.17 Å². The van der Waals surface area contributed by atoms with Crippen molar-refractivity contribution in [2.45, 2.75) is 6.61 Å². The number of nitrogens with zero attached hydrogens (tertiary/aromatic N) is 1. The third-order valence-electron chi connectivity index (χ3n) is 4.32. The van der Waals surface area contributed by atoms with Crippen LogP contribution in [0, 0.1) is 13.0 Å². The van der Waals surface area contributed by atoms with Crippen LogP contribution in [0.25, 0.3) is 6.08 Å². The summed E-state index contributed by atoms with van der Waals surface area (Å²) in [6.07, 6.45) is 1.82. The van der Waals surface area contributed by atoms with E-state index in [1.165, 1.54) is 23.9 Å². The molecule has 0 unspecified atom stereocenters. The number of thioether (sulfide) groups is 1. The fourth-order valence-electron chi connectivity index (χ4n) is 2.80. The molecule has 0 saturated carbocycles. The summed E-state index contributed by atoms with van der Waals surface area (Å²) in [6, 6.07) is 17.3. The first-order chi connectivity index (χ1) is 15.4. The highest BCUT2D eigenvalue weighted by Gasteiger charge is 2.24. The Morgan fingerprint density at radius 1 is 1.06 bits per heavy atom. The van der Waals surface area contributed by atoms with E-state index in [0.717, 1.165) is 24.0 Å². The zero-order chi connectivity index (χ0) is 22.7. The number of carbonyl (C=O) groups excluding carboxylic acids is 1. The van der Waals surface area contributed by atoms with Gasteiger partial charge in [-0.05, 0) is 123 Å². The standard InChI is InChI=1S/C23H14ClFI2N2O2S/c24-15-3-1-13(2-4-15)12-31-21-18(26)9-14(10-19(21)27)11-20-22(30)29-23(32-20)28-17-7-5-16(25)6-8-17/h1-11H,12H2,(H,28,29,30)/b20-11+. The molecule has 162 valence electrons. The predicted molar refractivity (Wildman–Crippen MR) is 145 cm³/mol. The second-order valence-corrected chi connectivity index (χ2v) is 10.5. The first-order valence-corrected chi connectivity index (χ1v) is 12.6. The van der Waals surface area contributed by atoms with Crippen LogP contribution in [0.2, 0.25) is 5.02 Å². The van der Waals surface area contributed by atoms with Crippen molar-refractivity contribution in [2.75, 3.05) is 0 Å². The topological polar surface area (TPSA) is 50.7 Å². The van der Waals surface area contributed by atoms with Crippen LogP contribution in [0.4, 0.5) is 10.1 Å². The smallest absolute Gasteiger partial charge is 0.264 e. The molecule has 0 bridgehead atoms. The molecular weight excluding hydrogens is 677 g/mol. The van der Waals surface area contributed by atoms with E-state index in [-0.39, 0.29) is 11.7 Å². The molecule has 1 heterocycles. The zero-order valence-corrected chi connectivity index (χ0v) is 22.1. The van der Waals surface area contributed by atoms with Gasteiger partial charge < -0.3 is 10.1 Å². The fraction of sp³-hybridized carbons (Fsp3) is 0.0435. The molecule has 3 aromatic carbocycles. The normalized spacial score (nSPS) is 15.9. The molecule has 32 heavy (non-hydrogen) atoms. The van der Waals surface area contributed by atoms with Gasteiger partial charge in [0.25, 0.3) is 5.91 Å². The van der Waals surface area contributed by atoms with Gasteiger partial charge in [0, 0.05) is 5.02 Å². The molecule has 9 heteroatoms. The molecule has 0 radical (unpaired) electrons. The maximum Gasteiger partial charge on any atom is 0.264 e. The summed E-state index contributed by atoms with van der Waals surface area (Å²) in [5.74, 6) is 0.247. The lowest BCUT2D eigenvalue weighted by Crippen LogP contribution is -2.19. The van der Waals surface area contributed by atoms with Gasteiger partial charge in [0.2, 0.25) is 0 Å². The summed E-state index contributed by atoms with van der Waals surface area (Å²) in [4.78, 5) is 17.3. The minimum atomic E-state index is -0.331. The Kier molecular flexibility index (Phi) is 7.74. The number of rotatable bonds is 5. The number of amidine groups is 1. The van der Waals surface area contributed by atoms with Gasteiger partial charge in [-0.15, -0.1) is 0 Å². The van der Waals surface area contributed by atoms with E-state index in [1.54, 1.807) is 12.1 Å². The van der Waals surface area contributed by atoms with E-state index in [1.807, 2.05) is 42.5 Å². The maximum absolute atomic E-state index is 13.1. The van der Waals surface area contributed by atoms with Crippen LogP contribution in [0.3, 0.4) is 0 Å². The highest BCUT2D eigenvalue weighted by atomic mass is 127. The molecule has 1 fully saturated rings. The van der Waals surface area contributed by atoms with E-state index in [0.29, 0.717) is 27.4 Å². The number of hydrogen-bond donors (Lipinski definition) is 1. The van der Waals surface area contributed by atoms with Gasteiger partial charge >= 0.3 is 0 Å². The highest BCUT2D eigenvalue weighted by molar-refractivity contribution is 14.1. The average Bonchev–Trinajstić information content (AvgIpc) is 3.09. The Morgan fingerprint density at radius 2 is 1.72 bits per heavy atom. The molecular formula is C23H14ClFI2N2O2S. The second-order valence-electron chi connectivity index (χ2n) is 6.69. The average molecular weight is 691 g/mol. The summed E-state index contributed by atoms with van der Waals surface area (Å²) in [7, 11) is 0. The number of halogens is 4. The number of carbonyl (C=O) groups is 1. The Bertz CT molecular complexity index is 1210. The first-order valence-electron chi connectivity index (χ1n) is 9.29. The SMILES string of the molecule is O=C1NC(=Nc2ccc(F)cc2)S/C1=C/c1cc(I)c(OCc2ccc(Cl)cc2)c(I)c1. The van der Waals surface area contributed by atoms with Gasteiger partial charge in [0.1, 0.15) is 18.2 Å². The van der Waals surface area contributed by atoms with Crippen LogP contribution in [-0.2, 0) is 11.4 Å². The molecule has 4 nitrogen and oxygen atoms in total. The minimum Gasteiger partial charge on any atom is -0.487 e. The highest BCUT2D eigenvalue weighted by Crippen LogP contribution is 2.33. The van der Waals surface area contributed by atoms with Crippen LogP contribution in [0.15, 0.2) is 70.6 Å². The lowest BCUT2D eigenvalue weighted by Gasteiger charge is -2.12. The van der Waals surface area contributed by atoms with Crippen molar-refractivity contribution in [3.8, 4) is 5.75 Å². The van der Waals surface area contributed by atoms with Crippen LogP contribution in [0.1, 0.15) is 11.1 Å². The zero-order valence-electron chi connectivity index (χ0n) is 16.2. The number of benzene rings is 3. The van der Waals surface area contributed by atoms with E-state index in [9.17, 15) is 9.18 Å². The van der Waals surface area contributed by atoms with E-state index >= 15 is 0 Å². The number of nitrogens with one attached hydrogen (secondary N) is 1. The van der Waals surface area contributed by atoms with Crippen molar-refractivity contribution in [3.63, 3.8) is 0 Å². The third-order valence-corrected chi connectivity index (χ3v) is 7.09. The van der Waals surface area contributed by atoms with E-state index in [4.69, 9.17) is 16.3 Å². The van der Waals surface area contributed by atoms with Gasteiger partial charge in [-0.1, -0.05) is 23.7 Å². The number of hydrogen-bond acceptors (Lipinski definition) is 4. The quantitative estimate of drug-likeness (QED) is 0.229. The number of amides is 1. The summed E-state index contributed by atoms with van der Waals surface area (Å²) in [5, 5.41) is 3.89. The van der Waals surface area contributed by atoms with Crippen LogP contribution in [0.5, 0.6) is 5.75 Å². The summed E-state index contributed by atoms with van der Waals surface area (Å²) >= 11 is 11.6. The third kappa shape index (κ3) is 6.03. The van der Waals surface area contributed by atoms with E-state index in [2.05, 4.69) is 55.5 Å². The molecule has 0 atom stereocenters. The van der Waals surface area contributed by atoms with Gasteiger partial charge in [-0.25, -0.2) is 9.38 Å². The van der Waals surface area contributed by atoms with E-state index < -0.39 is 0 Å². The lowest BCUT2D eigenvalue weighted by molar-refractivity contribution is -0.115. The molecule has 1 aliphatic rings. The second kappa shape index (κ2) is 10.5. The molecule has 1 saturated heterocycles. The molecule has 0 spiro atoms. The Labute approximate surface area is 221 Å². The lowest BCUT2D eigenvalue weighted by atomic mass is 10.2. The summed E-state index contributed by atoms with van der Waals surface area (Å²) < 4.78 is 21.0. The molecule has 1 aliphatic heterocycles. The van der Waals surface area contributed by atoms with Crippen molar-refractivity contribution >= 4 is 91.4 Å². The first kappa shape index (κ1) is 23.5. The van der Waals surface area contributed by atoms with Crippen molar-refractivity contribution < 1.29 is 13.9 Å². The van der Waals surface area contributed by atoms with Crippen LogP contribution >= 0.6 is 68.5 Å². The Balaban J connectivity index is 1.49. The van der Waals surface area contributed by atoms with Crippen molar-refractivity contribution in [3.05, 3.63) is 94.7 Å². The summed E-state index contributed by atoms with van der Waals surface area (Å²) in [6.45, 7) is 0.436. The van der Waals surface area contributed by atoms with Crippen LogP contribution in [-0.4, -0.2) is 11.1 Å². The predicted octanol–water partition coefficient (Wildman–Crippen LogP) is 7.16. The Morgan fingerprint density at radius 3 is 2.38 bits per heavy atom. The van der Waals surface area contributed by atoms with Crippen molar-refractivity contribution in [1.82, 2.24) is 5.32 Å². The molecule has 1 amide bonds. The van der Waals surface area contributed by atoms with Crippen molar-refractivity contribution in [2.24, 2.45) is 4.99 Å². The molecule has 0 aliphatic carbocycles. The van der Waals surface area contributed by atoms with Gasteiger partial charge in [0.05, 0.1) is 17.7 Å². The molecule has 3 aromatic rings. The largest absolute Gasteiger partial charge is 0.487 e. The van der Waals surface area contributed by atoms with Crippen molar-refractivity contribution in [1.29, 1.82) is 0 Å². The Hall–Kier alpha value is -1.63. The molecule has 1 N–H and O–H groups in total. The number of ether oxygens (including phenoxy) is 1. The van der Waals surface area contributed by atoms with Crippen LogP contribution < -0.4 is 10.1 Å². The fourth-order valence-corrected chi connectivity index (χ4v) is 5.90. The molecule has 0 aromatic heterocycles. The summed E-state index contributed by atoms with van der Waals surface area (Å²) in [5.41, 5.74) is 2.49. The van der Waals surface area contributed by atoms with Gasteiger partial charge in [-0.2, -0.15) is 0 Å². The maximum atomic E-state index is 13.1. The monoisotopic (exact) mass is 690 g/mol. The number of aliphatic imine (C=N–C) groups is 1. The van der Waals surface area contributed by atoms with Gasteiger partial charge in [-0.3, -0.25) is 4.79 Å².